The molecular weight excluding hydrogens is 420 g/mol. The Kier molecular flexibility index (Phi) is 6.50. The van der Waals surface area contributed by atoms with Crippen LogP contribution in [0.5, 0.6) is 5.75 Å². The van der Waals surface area contributed by atoms with E-state index in [1.807, 2.05) is 0 Å². The van der Waals surface area contributed by atoms with Crippen LogP contribution in [0.4, 0.5) is 0 Å². The molecule has 1 saturated heterocycles. The minimum atomic E-state index is -3.80. The van der Waals surface area contributed by atoms with Gasteiger partial charge in [-0.1, -0.05) is 16.8 Å². The monoisotopic (exact) mass is 442 g/mol. The summed E-state index contributed by atoms with van der Waals surface area (Å²) >= 11 is 6.00. The van der Waals surface area contributed by atoms with Crippen molar-refractivity contribution < 1.29 is 27.2 Å². The van der Waals surface area contributed by atoms with Gasteiger partial charge in [-0.25, -0.2) is 8.42 Å². The Bertz CT molecular complexity index is 985. The van der Waals surface area contributed by atoms with E-state index in [0.717, 1.165) is 0 Å². The lowest BCUT2D eigenvalue weighted by molar-refractivity contribution is -0.151. The molecule has 1 fully saturated rings. The number of aryl methyl sites for hydroxylation is 2. The maximum absolute atomic E-state index is 13.0. The van der Waals surface area contributed by atoms with Gasteiger partial charge in [0.1, 0.15) is 22.9 Å². The average molecular weight is 443 g/mol. The Morgan fingerprint density at radius 1 is 1.38 bits per heavy atom. The van der Waals surface area contributed by atoms with Gasteiger partial charge in [0.15, 0.2) is 5.76 Å². The molecule has 0 saturated carbocycles. The van der Waals surface area contributed by atoms with Crippen molar-refractivity contribution in [3.63, 3.8) is 0 Å². The second-order valence-corrected chi connectivity index (χ2v) is 9.23. The van der Waals surface area contributed by atoms with E-state index >= 15 is 0 Å². The molecule has 1 aliphatic heterocycles. The van der Waals surface area contributed by atoms with Crippen LogP contribution in [0.25, 0.3) is 0 Å². The second-order valence-electron chi connectivity index (χ2n) is 6.92. The first kappa shape index (κ1) is 21.6. The van der Waals surface area contributed by atoms with E-state index < -0.39 is 21.9 Å². The third-order valence-corrected chi connectivity index (χ3v) is 7.24. The topological polar surface area (TPSA) is 98.9 Å². The molecule has 0 amide bonds. The highest BCUT2D eigenvalue weighted by molar-refractivity contribution is 7.89. The zero-order valence-corrected chi connectivity index (χ0v) is 18.0. The maximum atomic E-state index is 13.0. The summed E-state index contributed by atoms with van der Waals surface area (Å²) in [5.74, 6) is -0.205. The number of benzene rings is 1. The third kappa shape index (κ3) is 4.57. The Morgan fingerprint density at radius 2 is 2.14 bits per heavy atom. The van der Waals surface area contributed by atoms with Gasteiger partial charge in [-0.15, -0.1) is 0 Å². The number of piperidine rings is 1. The van der Waals surface area contributed by atoms with Gasteiger partial charge in [0, 0.05) is 23.7 Å². The summed E-state index contributed by atoms with van der Waals surface area (Å²) in [4.78, 5) is 12.7. The lowest BCUT2D eigenvalue weighted by Gasteiger charge is -2.30. The van der Waals surface area contributed by atoms with Gasteiger partial charge in [-0.2, -0.15) is 4.31 Å². The average Bonchev–Trinajstić information content (AvgIpc) is 3.05. The highest BCUT2D eigenvalue weighted by Crippen LogP contribution is 2.29. The van der Waals surface area contributed by atoms with E-state index in [2.05, 4.69) is 5.16 Å². The highest BCUT2D eigenvalue weighted by atomic mass is 35.5. The smallest absolute Gasteiger partial charge is 0.310 e. The van der Waals surface area contributed by atoms with E-state index in [1.165, 1.54) is 11.4 Å². The highest BCUT2D eigenvalue weighted by Gasteiger charge is 2.37. The molecule has 1 aromatic heterocycles. The minimum Gasteiger partial charge on any atom is -0.496 e. The van der Waals surface area contributed by atoms with E-state index in [0.29, 0.717) is 41.4 Å². The van der Waals surface area contributed by atoms with Crippen LogP contribution in [0.15, 0.2) is 27.6 Å². The molecule has 0 N–H and O–H groups in total. The molecule has 2 aromatic rings. The molecule has 0 aliphatic carbocycles. The molecule has 3 rings (SSSR count). The minimum absolute atomic E-state index is 0.00428. The molecule has 8 nitrogen and oxygen atoms in total. The molecule has 2 heterocycles. The summed E-state index contributed by atoms with van der Waals surface area (Å²) in [6.07, 6.45) is 1.11. The zero-order chi connectivity index (χ0) is 21.2. The van der Waals surface area contributed by atoms with Gasteiger partial charge in [0.05, 0.1) is 13.0 Å². The number of aromatic nitrogens is 1. The van der Waals surface area contributed by atoms with Crippen LogP contribution < -0.4 is 4.74 Å². The van der Waals surface area contributed by atoms with Crippen molar-refractivity contribution in [2.24, 2.45) is 5.92 Å². The fourth-order valence-electron chi connectivity index (χ4n) is 3.45. The first-order valence-corrected chi connectivity index (χ1v) is 11.0. The Morgan fingerprint density at radius 3 is 2.79 bits per heavy atom. The predicted octanol–water partition coefficient (Wildman–Crippen LogP) is 3.10. The van der Waals surface area contributed by atoms with Crippen LogP contribution in [-0.4, -0.2) is 44.0 Å². The van der Waals surface area contributed by atoms with Crippen LogP contribution in [0, 0.1) is 19.8 Å². The van der Waals surface area contributed by atoms with Crippen LogP contribution in [0.1, 0.15) is 29.9 Å². The lowest BCUT2D eigenvalue weighted by atomic mass is 10.00. The second kappa shape index (κ2) is 8.73. The van der Waals surface area contributed by atoms with Crippen molar-refractivity contribution in [2.45, 2.75) is 38.2 Å². The summed E-state index contributed by atoms with van der Waals surface area (Å²) < 4.78 is 43.0. The Balaban J connectivity index is 1.69. The molecule has 0 radical (unpaired) electrons. The zero-order valence-electron chi connectivity index (χ0n) is 16.5. The number of nitrogens with zero attached hydrogens (tertiary/aromatic N) is 2. The number of hydrogen-bond donors (Lipinski definition) is 0. The number of rotatable bonds is 6. The third-order valence-electron chi connectivity index (χ3n) is 4.90. The molecule has 158 valence electrons. The van der Waals surface area contributed by atoms with Crippen molar-refractivity contribution in [3.8, 4) is 5.75 Å². The largest absolute Gasteiger partial charge is 0.496 e. The fourth-order valence-corrected chi connectivity index (χ4v) is 5.46. The van der Waals surface area contributed by atoms with Crippen LogP contribution in [-0.2, 0) is 26.2 Å². The van der Waals surface area contributed by atoms with Crippen LogP contribution in [0.2, 0.25) is 5.02 Å². The Hall–Kier alpha value is -2.10. The maximum Gasteiger partial charge on any atom is 0.310 e. The SMILES string of the molecule is COc1ccc(Cl)cc1COC(=O)C1CCCN(S(=O)(=O)c2c(C)noc2C)C1. The van der Waals surface area contributed by atoms with Crippen molar-refractivity contribution in [1.82, 2.24) is 9.46 Å². The van der Waals surface area contributed by atoms with Gasteiger partial charge in [-0.05, 0) is 44.9 Å². The Labute approximate surface area is 174 Å². The quantitative estimate of drug-likeness (QED) is 0.633. The molecule has 10 heteroatoms. The van der Waals surface area contributed by atoms with E-state index in [9.17, 15) is 13.2 Å². The summed E-state index contributed by atoms with van der Waals surface area (Å²) in [6.45, 7) is 3.52. The van der Waals surface area contributed by atoms with E-state index in [4.69, 9.17) is 25.6 Å². The number of halogens is 1. The molecule has 1 aliphatic rings. The predicted molar refractivity (Wildman–Crippen MR) is 105 cm³/mol. The number of ether oxygens (including phenoxy) is 2. The molecular formula is C19H23ClN2O6S. The van der Waals surface area contributed by atoms with Crippen molar-refractivity contribution in [1.29, 1.82) is 0 Å². The summed E-state index contributed by atoms with van der Waals surface area (Å²) in [5, 5.41) is 4.23. The van der Waals surface area contributed by atoms with E-state index in [-0.39, 0.29) is 23.8 Å². The van der Waals surface area contributed by atoms with Crippen molar-refractivity contribution in [2.75, 3.05) is 20.2 Å². The number of esters is 1. The van der Waals surface area contributed by atoms with Gasteiger partial charge >= 0.3 is 5.97 Å². The molecule has 1 unspecified atom stereocenters. The standard InChI is InChI=1S/C19H23ClN2O6S/c1-12-18(13(2)28-21-12)29(24,25)22-8-4-5-14(10-22)19(23)27-11-15-9-16(20)6-7-17(15)26-3/h6-7,9,14H,4-5,8,10-11H2,1-3H3. The number of carbonyl (C=O) groups excluding carboxylic acids is 1. The van der Waals surface area contributed by atoms with Gasteiger partial charge in [0.2, 0.25) is 10.0 Å². The van der Waals surface area contributed by atoms with Crippen molar-refractivity contribution >= 4 is 27.6 Å². The number of methoxy groups -OCH3 is 1. The summed E-state index contributed by atoms with van der Waals surface area (Å²) in [5.41, 5.74) is 0.949. The molecule has 0 bridgehead atoms. The molecule has 1 atom stereocenters. The molecule has 0 spiro atoms. The van der Waals surface area contributed by atoms with Crippen LogP contribution in [0.3, 0.4) is 0 Å². The fraction of sp³-hybridized carbons (Fsp3) is 0.474. The van der Waals surface area contributed by atoms with Crippen molar-refractivity contribution in [3.05, 3.63) is 40.2 Å². The first-order chi connectivity index (χ1) is 13.7. The molecule has 1 aromatic carbocycles. The van der Waals surface area contributed by atoms with E-state index in [1.54, 1.807) is 32.0 Å². The van der Waals surface area contributed by atoms with Gasteiger partial charge < -0.3 is 14.0 Å². The summed E-state index contributed by atoms with van der Waals surface area (Å²) in [7, 11) is -2.28. The normalized spacial score (nSPS) is 17.9. The first-order valence-electron chi connectivity index (χ1n) is 9.16. The van der Waals surface area contributed by atoms with Gasteiger partial charge in [0.25, 0.3) is 0 Å². The van der Waals surface area contributed by atoms with Gasteiger partial charge in [-0.3, -0.25) is 4.79 Å². The van der Waals surface area contributed by atoms with Crippen LogP contribution >= 0.6 is 11.6 Å². The summed E-state index contributed by atoms with van der Waals surface area (Å²) in [6, 6.07) is 5.05. The number of hydrogen-bond acceptors (Lipinski definition) is 7. The number of carbonyl (C=O) groups is 1. The lowest BCUT2D eigenvalue weighted by Crippen LogP contribution is -2.43. The number of sulfonamides is 1. The molecule has 29 heavy (non-hydrogen) atoms.